The highest BCUT2D eigenvalue weighted by molar-refractivity contribution is 9.10. The van der Waals surface area contributed by atoms with Crippen LogP contribution in [0.5, 0.6) is 0 Å². The van der Waals surface area contributed by atoms with Crippen molar-refractivity contribution in [3.63, 3.8) is 0 Å². The molecule has 20 heavy (non-hydrogen) atoms. The number of nitrogens with one attached hydrogen (secondary N) is 1. The molecule has 0 heterocycles. The second-order valence-electron chi connectivity index (χ2n) is 5.68. The van der Waals surface area contributed by atoms with Crippen LogP contribution < -0.4 is 11.1 Å². The third-order valence-electron chi connectivity index (χ3n) is 3.65. The maximum Gasteiger partial charge on any atom is 0.0568 e. The Morgan fingerprint density at radius 1 is 1.25 bits per heavy atom. The van der Waals surface area contributed by atoms with Gasteiger partial charge in [0.1, 0.15) is 0 Å². The van der Waals surface area contributed by atoms with Crippen LogP contribution in [0.2, 0.25) is 5.02 Å². The van der Waals surface area contributed by atoms with Crippen LogP contribution in [0.25, 0.3) is 0 Å². The molecule has 0 saturated carbocycles. The van der Waals surface area contributed by atoms with E-state index in [1.807, 2.05) is 18.2 Å². The maximum absolute atomic E-state index is 6.13. The van der Waals surface area contributed by atoms with Gasteiger partial charge in [-0.3, -0.25) is 0 Å². The molecule has 1 rings (SSSR count). The first kappa shape index (κ1) is 17.8. The van der Waals surface area contributed by atoms with Gasteiger partial charge in [0.15, 0.2) is 0 Å². The van der Waals surface area contributed by atoms with Gasteiger partial charge in [-0.15, -0.1) is 0 Å². The second-order valence-corrected chi connectivity index (χ2v) is 6.94. The lowest BCUT2D eigenvalue weighted by atomic mass is 9.93. The summed E-state index contributed by atoms with van der Waals surface area (Å²) in [6.45, 7) is 5.04. The van der Waals surface area contributed by atoms with Gasteiger partial charge in [0.25, 0.3) is 0 Å². The van der Waals surface area contributed by atoms with E-state index in [0.717, 1.165) is 21.6 Å². The van der Waals surface area contributed by atoms with Gasteiger partial charge in [0.2, 0.25) is 0 Å². The molecule has 2 nitrogen and oxygen atoms in total. The van der Waals surface area contributed by atoms with E-state index in [4.69, 9.17) is 17.3 Å². The number of hydrogen-bond donors (Lipinski definition) is 2. The highest BCUT2D eigenvalue weighted by atomic mass is 79.9. The standard InChI is InChI=1S/C16H26BrClN2/c1-3-4-5-6-7-10-16(2,12-19)20-13-8-9-14(17)15(18)11-13/h8-9,11,20H,3-7,10,12,19H2,1-2H3. The van der Waals surface area contributed by atoms with Crippen molar-refractivity contribution in [1.29, 1.82) is 0 Å². The fourth-order valence-electron chi connectivity index (χ4n) is 2.26. The minimum atomic E-state index is -0.0661. The maximum atomic E-state index is 6.13. The van der Waals surface area contributed by atoms with E-state index in [1.165, 1.54) is 32.1 Å². The van der Waals surface area contributed by atoms with Crippen LogP contribution in [0.15, 0.2) is 22.7 Å². The predicted molar refractivity (Wildman–Crippen MR) is 93.6 cm³/mol. The van der Waals surface area contributed by atoms with Gasteiger partial charge in [-0.1, -0.05) is 50.6 Å². The first-order chi connectivity index (χ1) is 9.50. The Bertz CT molecular complexity index is 411. The number of rotatable bonds is 9. The average molecular weight is 362 g/mol. The van der Waals surface area contributed by atoms with Gasteiger partial charge in [-0.25, -0.2) is 0 Å². The summed E-state index contributed by atoms with van der Waals surface area (Å²) < 4.78 is 0.915. The molecule has 0 aliphatic carbocycles. The van der Waals surface area contributed by atoms with Crippen molar-refractivity contribution in [3.8, 4) is 0 Å². The van der Waals surface area contributed by atoms with Crippen LogP contribution >= 0.6 is 27.5 Å². The highest BCUT2D eigenvalue weighted by Crippen LogP contribution is 2.28. The second kappa shape index (κ2) is 8.91. The lowest BCUT2D eigenvalue weighted by Crippen LogP contribution is -2.42. The summed E-state index contributed by atoms with van der Waals surface area (Å²) in [7, 11) is 0. The van der Waals surface area contributed by atoms with Crippen molar-refractivity contribution < 1.29 is 0 Å². The van der Waals surface area contributed by atoms with E-state index in [0.29, 0.717) is 6.54 Å². The summed E-state index contributed by atoms with van der Waals surface area (Å²) in [5.41, 5.74) is 6.92. The van der Waals surface area contributed by atoms with E-state index in [2.05, 4.69) is 35.1 Å². The zero-order valence-corrected chi connectivity index (χ0v) is 14.9. The molecule has 3 N–H and O–H groups in total. The Labute approximate surface area is 136 Å². The number of anilines is 1. The number of unbranched alkanes of at least 4 members (excludes halogenated alkanes) is 4. The fourth-order valence-corrected chi connectivity index (χ4v) is 2.68. The zero-order chi connectivity index (χ0) is 15.0. The molecule has 0 fully saturated rings. The summed E-state index contributed by atoms with van der Waals surface area (Å²) in [6.07, 6.45) is 7.51. The van der Waals surface area contributed by atoms with Crippen LogP contribution in [0.1, 0.15) is 52.4 Å². The van der Waals surface area contributed by atoms with Crippen molar-refractivity contribution in [2.45, 2.75) is 57.9 Å². The molecule has 1 unspecified atom stereocenters. The summed E-state index contributed by atoms with van der Waals surface area (Å²) >= 11 is 9.54. The Morgan fingerprint density at radius 3 is 2.55 bits per heavy atom. The van der Waals surface area contributed by atoms with Crippen LogP contribution in [-0.2, 0) is 0 Å². The fraction of sp³-hybridized carbons (Fsp3) is 0.625. The molecule has 1 aromatic rings. The number of halogens is 2. The molecule has 114 valence electrons. The van der Waals surface area contributed by atoms with Crippen LogP contribution in [0.3, 0.4) is 0 Å². The Morgan fingerprint density at radius 2 is 1.95 bits per heavy atom. The molecule has 0 saturated heterocycles. The van der Waals surface area contributed by atoms with E-state index in [-0.39, 0.29) is 5.54 Å². The van der Waals surface area contributed by atoms with Crippen molar-refractivity contribution in [3.05, 3.63) is 27.7 Å². The average Bonchev–Trinajstić information content (AvgIpc) is 2.43. The molecule has 0 aliphatic rings. The Balaban J connectivity index is 2.52. The summed E-state index contributed by atoms with van der Waals surface area (Å²) in [5, 5.41) is 4.25. The van der Waals surface area contributed by atoms with Crippen molar-refractivity contribution >= 4 is 33.2 Å². The molecule has 4 heteroatoms. The number of hydrogen-bond acceptors (Lipinski definition) is 2. The summed E-state index contributed by atoms with van der Waals surface area (Å²) in [4.78, 5) is 0. The number of nitrogens with two attached hydrogens (primary N) is 1. The molecular weight excluding hydrogens is 336 g/mol. The lowest BCUT2D eigenvalue weighted by Gasteiger charge is -2.31. The molecular formula is C16H26BrClN2. The van der Waals surface area contributed by atoms with E-state index >= 15 is 0 Å². The summed E-state index contributed by atoms with van der Waals surface area (Å²) in [5.74, 6) is 0. The molecule has 0 aromatic heterocycles. The molecule has 0 aliphatic heterocycles. The quantitative estimate of drug-likeness (QED) is 0.562. The predicted octanol–water partition coefficient (Wildman–Crippen LogP) is 5.59. The van der Waals surface area contributed by atoms with E-state index in [1.54, 1.807) is 0 Å². The summed E-state index contributed by atoms with van der Waals surface area (Å²) in [6, 6.07) is 5.93. The normalized spacial score (nSPS) is 14.1. The third kappa shape index (κ3) is 6.02. The third-order valence-corrected chi connectivity index (χ3v) is 4.88. The Kier molecular flexibility index (Phi) is 7.93. The number of benzene rings is 1. The van der Waals surface area contributed by atoms with Crippen LogP contribution in [0, 0.1) is 0 Å². The first-order valence-electron chi connectivity index (χ1n) is 7.44. The minimum Gasteiger partial charge on any atom is -0.379 e. The molecule has 0 bridgehead atoms. The first-order valence-corrected chi connectivity index (χ1v) is 8.61. The molecule has 1 aromatic carbocycles. The molecule has 0 amide bonds. The highest BCUT2D eigenvalue weighted by Gasteiger charge is 2.21. The lowest BCUT2D eigenvalue weighted by molar-refractivity contribution is 0.449. The van der Waals surface area contributed by atoms with Crippen LogP contribution in [0.4, 0.5) is 5.69 Å². The molecule has 0 radical (unpaired) electrons. The minimum absolute atomic E-state index is 0.0661. The molecule has 1 atom stereocenters. The van der Waals surface area contributed by atoms with Gasteiger partial charge in [0, 0.05) is 22.2 Å². The van der Waals surface area contributed by atoms with Gasteiger partial charge < -0.3 is 11.1 Å². The van der Waals surface area contributed by atoms with E-state index in [9.17, 15) is 0 Å². The molecule has 0 spiro atoms. The van der Waals surface area contributed by atoms with Crippen molar-refractivity contribution in [1.82, 2.24) is 0 Å². The van der Waals surface area contributed by atoms with Crippen molar-refractivity contribution in [2.24, 2.45) is 5.73 Å². The smallest absolute Gasteiger partial charge is 0.0568 e. The van der Waals surface area contributed by atoms with Crippen LogP contribution in [-0.4, -0.2) is 12.1 Å². The van der Waals surface area contributed by atoms with Gasteiger partial charge in [-0.2, -0.15) is 0 Å². The zero-order valence-electron chi connectivity index (χ0n) is 12.5. The van der Waals surface area contributed by atoms with E-state index < -0.39 is 0 Å². The largest absolute Gasteiger partial charge is 0.379 e. The van der Waals surface area contributed by atoms with Gasteiger partial charge >= 0.3 is 0 Å². The van der Waals surface area contributed by atoms with Crippen molar-refractivity contribution in [2.75, 3.05) is 11.9 Å². The monoisotopic (exact) mass is 360 g/mol. The van der Waals surface area contributed by atoms with Gasteiger partial charge in [-0.05, 0) is 47.5 Å². The Hall–Kier alpha value is -0.250. The van der Waals surface area contributed by atoms with Gasteiger partial charge in [0.05, 0.1) is 5.02 Å². The SMILES string of the molecule is CCCCCCCC(C)(CN)Nc1ccc(Br)c(Cl)c1. The topological polar surface area (TPSA) is 38.0 Å².